The topological polar surface area (TPSA) is 75.0 Å². The molecule has 0 aliphatic rings. The van der Waals surface area contributed by atoms with Gasteiger partial charge >= 0.3 is 0 Å². The van der Waals surface area contributed by atoms with Crippen molar-refractivity contribution < 1.29 is 8.83 Å². The number of rotatable bonds is 6. The number of furan rings is 1. The minimum absolute atomic E-state index is 0.223. The quantitative estimate of drug-likeness (QED) is 0.632. The summed E-state index contributed by atoms with van der Waals surface area (Å²) >= 11 is 3.24. The number of anilines is 1. The molecule has 3 aromatic rings. The number of oxazole rings is 1. The Balaban J connectivity index is 1.77. The lowest BCUT2D eigenvalue weighted by Crippen LogP contribution is -2.12. The summed E-state index contributed by atoms with van der Waals surface area (Å²) in [4.78, 5) is 4.18. The maximum Gasteiger partial charge on any atom is 0.266 e. The zero-order valence-corrected chi connectivity index (χ0v) is 14.7. The summed E-state index contributed by atoms with van der Waals surface area (Å²) in [6.07, 6.45) is 0.977. The Bertz CT molecular complexity index is 849. The molecule has 0 fully saturated rings. The van der Waals surface area contributed by atoms with E-state index in [1.165, 1.54) is 5.56 Å². The zero-order valence-electron chi connectivity index (χ0n) is 13.1. The highest BCUT2D eigenvalue weighted by atomic mass is 79.9. The zero-order chi connectivity index (χ0) is 16.9. The third-order valence-corrected chi connectivity index (χ3v) is 4.22. The highest BCUT2D eigenvalue weighted by Crippen LogP contribution is 2.29. The van der Waals surface area contributed by atoms with Crippen LogP contribution in [0.5, 0.6) is 0 Å². The third-order valence-electron chi connectivity index (χ3n) is 3.79. The Kier molecular flexibility index (Phi) is 5.02. The van der Waals surface area contributed by atoms with Crippen molar-refractivity contribution in [3.63, 3.8) is 0 Å². The second-order valence-electron chi connectivity index (χ2n) is 5.31. The Morgan fingerprint density at radius 3 is 2.62 bits per heavy atom. The molecule has 2 heterocycles. The van der Waals surface area contributed by atoms with Crippen LogP contribution in [0.2, 0.25) is 0 Å². The van der Waals surface area contributed by atoms with E-state index in [0.29, 0.717) is 28.8 Å². The summed E-state index contributed by atoms with van der Waals surface area (Å²) in [7, 11) is 0. The van der Waals surface area contributed by atoms with Crippen LogP contribution in [0.15, 0.2) is 56.0 Å². The van der Waals surface area contributed by atoms with E-state index in [9.17, 15) is 5.26 Å². The average Bonchev–Trinajstić information content (AvgIpc) is 3.22. The third kappa shape index (κ3) is 3.52. The highest BCUT2D eigenvalue weighted by Gasteiger charge is 2.18. The molecule has 1 unspecified atom stereocenters. The molecule has 0 aliphatic heterocycles. The van der Waals surface area contributed by atoms with Crippen molar-refractivity contribution in [1.29, 1.82) is 5.26 Å². The van der Waals surface area contributed by atoms with Gasteiger partial charge in [0.1, 0.15) is 6.07 Å². The van der Waals surface area contributed by atoms with Crippen LogP contribution < -0.4 is 5.32 Å². The summed E-state index contributed by atoms with van der Waals surface area (Å²) in [5.41, 5.74) is 1.47. The number of hydrogen-bond donors (Lipinski definition) is 1. The van der Waals surface area contributed by atoms with E-state index < -0.39 is 0 Å². The Morgan fingerprint density at radius 1 is 1.21 bits per heavy atom. The van der Waals surface area contributed by atoms with Gasteiger partial charge in [-0.25, -0.2) is 0 Å². The van der Waals surface area contributed by atoms with E-state index >= 15 is 0 Å². The van der Waals surface area contributed by atoms with E-state index in [1.807, 2.05) is 18.2 Å². The minimum Gasteiger partial charge on any atom is -0.444 e. The maximum atomic E-state index is 9.27. The first-order valence-electron chi connectivity index (χ1n) is 7.66. The van der Waals surface area contributed by atoms with Crippen molar-refractivity contribution in [3.05, 3.63) is 58.4 Å². The molecule has 1 N–H and O–H groups in total. The molecule has 122 valence electrons. The fraction of sp³-hybridized carbons (Fsp3) is 0.222. The number of nitrogens with zero attached hydrogens (tertiary/aromatic N) is 2. The van der Waals surface area contributed by atoms with Gasteiger partial charge in [-0.05, 0) is 40.0 Å². The molecule has 0 aliphatic carbocycles. The first-order chi connectivity index (χ1) is 11.7. The molecule has 0 radical (unpaired) electrons. The largest absolute Gasteiger partial charge is 0.444 e. The van der Waals surface area contributed by atoms with Gasteiger partial charge in [0.25, 0.3) is 5.89 Å². The second-order valence-corrected chi connectivity index (χ2v) is 6.09. The molecule has 6 heteroatoms. The number of nitrogens with one attached hydrogen (secondary N) is 1. The summed E-state index contributed by atoms with van der Waals surface area (Å²) in [6.45, 7) is 2.79. The van der Waals surface area contributed by atoms with E-state index in [4.69, 9.17) is 8.83 Å². The molecule has 24 heavy (non-hydrogen) atoms. The van der Waals surface area contributed by atoms with Crippen LogP contribution in [-0.4, -0.2) is 11.5 Å². The van der Waals surface area contributed by atoms with E-state index in [1.54, 1.807) is 12.1 Å². The minimum atomic E-state index is 0.223. The Labute approximate surface area is 148 Å². The molecule has 0 spiro atoms. The van der Waals surface area contributed by atoms with Crippen LogP contribution in [0.1, 0.15) is 30.5 Å². The standard InChI is InChI=1S/C18H16BrN3O2/c1-2-12(13-6-4-3-5-7-13)11-21-17-14(10-20)22-18(24-17)15-8-9-16(19)23-15/h3-9,12,21H,2,11H2,1H3. The number of halogens is 1. The second kappa shape index (κ2) is 7.37. The molecule has 3 rings (SSSR count). The van der Waals surface area contributed by atoms with Gasteiger partial charge in [-0.2, -0.15) is 10.2 Å². The predicted molar refractivity (Wildman–Crippen MR) is 94.6 cm³/mol. The van der Waals surface area contributed by atoms with Gasteiger partial charge in [-0.3, -0.25) is 0 Å². The molecule has 0 saturated carbocycles. The monoisotopic (exact) mass is 385 g/mol. The fourth-order valence-corrected chi connectivity index (χ4v) is 2.80. The smallest absolute Gasteiger partial charge is 0.266 e. The van der Waals surface area contributed by atoms with Crippen LogP contribution >= 0.6 is 15.9 Å². The van der Waals surface area contributed by atoms with Crippen molar-refractivity contribution in [2.45, 2.75) is 19.3 Å². The van der Waals surface area contributed by atoms with Gasteiger partial charge < -0.3 is 14.2 Å². The molecule has 0 bridgehead atoms. The van der Waals surface area contributed by atoms with Gasteiger partial charge in [0.15, 0.2) is 10.4 Å². The van der Waals surface area contributed by atoms with E-state index in [2.05, 4.69) is 51.4 Å². The highest BCUT2D eigenvalue weighted by molar-refractivity contribution is 9.10. The summed E-state index contributed by atoms with van der Waals surface area (Å²) in [6, 6.07) is 15.8. The summed E-state index contributed by atoms with van der Waals surface area (Å²) in [5.74, 6) is 1.45. The van der Waals surface area contributed by atoms with Crippen LogP contribution in [0.3, 0.4) is 0 Å². The molecular formula is C18H16BrN3O2. The SMILES string of the molecule is CCC(CNc1oc(-c2ccc(Br)o2)nc1C#N)c1ccccc1. The van der Waals surface area contributed by atoms with Crippen molar-refractivity contribution in [3.8, 4) is 17.7 Å². The van der Waals surface area contributed by atoms with Crippen LogP contribution in [-0.2, 0) is 0 Å². The van der Waals surface area contributed by atoms with Crippen molar-refractivity contribution in [2.24, 2.45) is 0 Å². The predicted octanol–water partition coefficient (Wildman–Crippen LogP) is 5.17. The van der Waals surface area contributed by atoms with Crippen LogP contribution in [0.4, 0.5) is 5.88 Å². The first kappa shape index (κ1) is 16.3. The molecule has 0 amide bonds. The van der Waals surface area contributed by atoms with Gasteiger partial charge in [-0.15, -0.1) is 0 Å². The molecule has 5 nitrogen and oxygen atoms in total. The Morgan fingerprint density at radius 2 is 2.00 bits per heavy atom. The molecule has 1 atom stereocenters. The lowest BCUT2D eigenvalue weighted by Gasteiger charge is -2.15. The lowest BCUT2D eigenvalue weighted by atomic mass is 9.96. The van der Waals surface area contributed by atoms with Gasteiger partial charge in [0.05, 0.1) is 0 Å². The van der Waals surface area contributed by atoms with Crippen molar-refractivity contribution >= 4 is 21.8 Å². The summed E-state index contributed by atoms with van der Waals surface area (Å²) < 4.78 is 11.7. The molecule has 2 aromatic heterocycles. The van der Waals surface area contributed by atoms with Crippen molar-refractivity contribution in [2.75, 3.05) is 11.9 Å². The maximum absolute atomic E-state index is 9.27. The molecule has 1 aromatic carbocycles. The number of aromatic nitrogens is 1. The fourth-order valence-electron chi connectivity index (χ4n) is 2.49. The van der Waals surface area contributed by atoms with E-state index in [-0.39, 0.29) is 11.6 Å². The number of hydrogen-bond acceptors (Lipinski definition) is 5. The van der Waals surface area contributed by atoms with Crippen LogP contribution in [0.25, 0.3) is 11.7 Å². The van der Waals surface area contributed by atoms with Crippen LogP contribution in [0, 0.1) is 11.3 Å². The Hall–Kier alpha value is -2.52. The average molecular weight is 386 g/mol. The van der Waals surface area contributed by atoms with Gasteiger partial charge in [0.2, 0.25) is 11.6 Å². The molecular weight excluding hydrogens is 370 g/mol. The van der Waals surface area contributed by atoms with Crippen molar-refractivity contribution in [1.82, 2.24) is 4.98 Å². The van der Waals surface area contributed by atoms with Gasteiger partial charge in [-0.1, -0.05) is 37.3 Å². The number of nitriles is 1. The van der Waals surface area contributed by atoms with E-state index in [0.717, 1.165) is 6.42 Å². The van der Waals surface area contributed by atoms with Gasteiger partial charge in [0, 0.05) is 12.5 Å². The summed E-state index contributed by atoms with van der Waals surface area (Å²) in [5, 5.41) is 12.5. The molecule has 0 saturated heterocycles. The lowest BCUT2D eigenvalue weighted by molar-refractivity contribution is 0.508. The first-order valence-corrected chi connectivity index (χ1v) is 8.46. The normalized spacial score (nSPS) is 11.9. The number of benzene rings is 1.